The summed E-state index contributed by atoms with van der Waals surface area (Å²) >= 11 is 0. The van der Waals surface area contributed by atoms with Crippen molar-refractivity contribution < 1.29 is 23.1 Å². The van der Waals surface area contributed by atoms with E-state index in [1.165, 1.54) is 24.4 Å². The lowest BCUT2D eigenvalue weighted by Gasteiger charge is -2.14. The van der Waals surface area contributed by atoms with Crippen LogP contribution in [0.3, 0.4) is 0 Å². The molecule has 0 unspecified atom stereocenters. The number of anilines is 1. The summed E-state index contributed by atoms with van der Waals surface area (Å²) in [5, 5.41) is 15.6. The Labute approximate surface area is 129 Å². The van der Waals surface area contributed by atoms with Gasteiger partial charge in [-0.2, -0.15) is 18.3 Å². The van der Waals surface area contributed by atoms with Gasteiger partial charge in [0.1, 0.15) is 12.3 Å². The number of phenols is 1. The van der Waals surface area contributed by atoms with Gasteiger partial charge in [-0.3, -0.25) is 9.48 Å². The van der Waals surface area contributed by atoms with Gasteiger partial charge in [-0.05, 0) is 30.5 Å². The van der Waals surface area contributed by atoms with Crippen LogP contribution in [0.5, 0.6) is 5.75 Å². The largest absolute Gasteiger partial charge is 0.508 e. The van der Waals surface area contributed by atoms with Crippen molar-refractivity contribution in [2.45, 2.75) is 31.0 Å². The van der Waals surface area contributed by atoms with E-state index in [9.17, 15) is 23.1 Å². The molecule has 1 aromatic heterocycles. The highest BCUT2D eigenvalue weighted by Crippen LogP contribution is 2.49. The zero-order valence-electron chi connectivity index (χ0n) is 12.0. The fraction of sp³-hybridized carbons (Fsp3) is 0.333. The summed E-state index contributed by atoms with van der Waals surface area (Å²) in [5.74, 6) is -0.111. The third-order valence-electron chi connectivity index (χ3n) is 3.83. The normalized spacial score (nSPS) is 16.1. The number of aromatic hydroxyl groups is 1. The number of nitrogens with one attached hydrogen (secondary N) is 1. The first kappa shape index (κ1) is 15.4. The van der Waals surface area contributed by atoms with Gasteiger partial charge in [0.25, 0.3) is 0 Å². The maximum atomic E-state index is 12.4. The molecule has 8 heteroatoms. The second kappa shape index (κ2) is 5.29. The minimum Gasteiger partial charge on any atom is -0.508 e. The smallest absolute Gasteiger partial charge is 0.408 e. The molecule has 0 bridgehead atoms. The topological polar surface area (TPSA) is 67.2 Å². The van der Waals surface area contributed by atoms with Crippen molar-refractivity contribution in [2.24, 2.45) is 0 Å². The highest BCUT2D eigenvalue weighted by Gasteiger charge is 2.51. The van der Waals surface area contributed by atoms with Gasteiger partial charge in [-0.1, -0.05) is 12.1 Å². The van der Waals surface area contributed by atoms with Gasteiger partial charge >= 0.3 is 6.18 Å². The maximum Gasteiger partial charge on any atom is 0.408 e. The van der Waals surface area contributed by atoms with E-state index in [2.05, 4.69) is 10.4 Å². The Morgan fingerprint density at radius 3 is 2.48 bits per heavy atom. The lowest BCUT2D eigenvalue weighted by Crippen LogP contribution is -2.28. The predicted molar refractivity (Wildman–Crippen MR) is 75.9 cm³/mol. The Kier molecular flexibility index (Phi) is 3.54. The van der Waals surface area contributed by atoms with Crippen molar-refractivity contribution in [2.75, 3.05) is 5.32 Å². The third kappa shape index (κ3) is 3.30. The molecule has 1 saturated carbocycles. The lowest BCUT2D eigenvalue weighted by molar-refractivity contribution is -0.142. The second-order valence-corrected chi connectivity index (χ2v) is 5.60. The van der Waals surface area contributed by atoms with Gasteiger partial charge in [-0.15, -0.1) is 0 Å². The molecule has 1 aliphatic rings. The van der Waals surface area contributed by atoms with Crippen LogP contribution in [0.1, 0.15) is 18.4 Å². The number of hydrogen-bond acceptors (Lipinski definition) is 3. The molecule has 0 atom stereocenters. The van der Waals surface area contributed by atoms with Crippen molar-refractivity contribution in [1.82, 2.24) is 9.78 Å². The molecule has 0 radical (unpaired) electrons. The average molecular weight is 325 g/mol. The molecular formula is C15H14F3N3O2. The SMILES string of the molecule is O=C(Nc1ccn(CC(F)(F)F)n1)C1(c2ccc(O)cc2)CC1. The highest BCUT2D eigenvalue weighted by atomic mass is 19.4. The fourth-order valence-electron chi connectivity index (χ4n) is 2.49. The van der Waals surface area contributed by atoms with Crippen LogP contribution in [0.15, 0.2) is 36.5 Å². The van der Waals surface area contributed by atoms with E-state index in [0.29, 0.717) is 12.8 Å². The number of alkyl halides is 3. The molecule has 1 aromatic carbocycles. The molecule has 5 nitrogen and oxygen atoms in total. The summed E-state index contributed by atoms with van der Waals surface area (Å²) < 4.78 is 37.6. The van der Waals surface area contributed by atoms with Crippen LogP contribution in [0, 0.1) is 0 Å². The quantitative estimate of drug-likeness (QED) is 0.908. The van der Waals surface area contributed by atoms with Gasteiger partial charge in [0, 0.05) is 12.3 Å². The number of benzene rings is 1. The van der Waals surface area contributed by atoms with Gasteiger partial charge < -0.3 is 10.4 Å². The summed E-state index contributed by atoms with van der Waals surface area (Å²) in [4.78, 5) is 12.4. The number of hydrogen-bond donors (Lipinski definition) is 2. The Morgan fingerprint density at radius 1 is 1.26 bits per heavy atom. The first-order valence-electron chi connectivity index (χ1n) is 7.00. The van der Waals surface area contributed by atoms with E-state index >= 15 is 0 Å². The van der Waals surface area contributed by atoms with Crippen molar-refractivity contribution in [3.05, 3.63) is 42.1 Å². The fourth-order valence-corrected chi connectivity index (χ4v) is 2.49. The van der Waals surface area contributed by atoms with Crippen molar-refractivity contribution in [1.29, 1.82) is 0 Å². The van der Waals surface area contributed by atoms with Crippen LogP contribution in [0.2, 0.25) is 0 Å². The standard InChI is InChI=1S/C15H14F3N3O2/c16-15(17,18)9-21-8-5-12(20-21)19-13(23)14(6-7-14)10-1-3-11(22)4-2-10/h1-5,8,22H,6-7,9H2,(H,19,20,23). The molecule has 1 aliphatic carbocycles. The van der Waals surface area contributed by atoms with E-state index in [-0.39, 0.29) is 17.5 Å². The average Bonchev–Trinajstić information content (AvgIpc) is 3.16. The number of rotatable bonds is 4. The number of halogens is 3. The molecule has 0 aliphatic heterocycles. The number of amides is 1. The summed E-state index contributed by atoms with van der Waals surface area (Å²) in [5.41, 5.74) is 0.0733. The van der Waals surface area contributed by atoms with E-state index in [4.69, 9.17) is 0 Å². The zero-order valence-corrected chi connectivity index (χ0v) is 12.0. The minimum absolute atomic E-state index is 0.0873. The number of carbonyl (C=O) groups excluding carboxylic acids is 1. The molecule has 1 fully saturated rings. The highest BCUT2D eigenvalue weighted by molar-refractivity contribution is 6.00. The third-order valence-corrected chi connectivity index (χ3v) is 3.83. The van der Waals surface area contributed by atoms with Gasteiger partial charge in [-0.25, -0.2) is 0 Å². The molecular weight excluding hydrogens is 311 g/mol. The molecule has 23 heavy (non-hydrogen) atoms. The predicted octanol–water partition coefficient (Wildman–Crippen LogP) is 2.82. The van der Waals surface area contributed by atoms with Gasteiger partial charge in [0.05, 0.1) is 5.41 Å². The maximum absolute atomic E-state index is 12.4. The molecule has 0 saturated heterocycles. The van der Waals surface area contributed by atoms with Crippen molar-refractivity contribution in [3.63, 3.8) is 0 Å². The summed E-state index contributed by atoms with van der Waals surface area (Å²) in [6, 6.07) is 7.67. The zero-order chi connectivity index (χ0) is 16.7. The molecule has 2 N–H and O–H groups in total. The Bertz CT molecular complexity index is 718. The lowest BCUT2D eigenvalue weighted by atomic mass is 9.95. The van der Waals surface area contributed by atoms with Crippen LogP contribution in [0.4, 0.5) is 19.0 Å². The molecule has 3 rings (SSSR count). The van der Waals surface area contributed by atoms with Crippen LogP contribution in [-0.4, -0.2) is 27.0 Å². The van der Waals surface area contributed by atoms with Gasteiger partial charge in [0.15, 0.2) is 5.82 Å². The van der Waals surface area contributed by atoms with E-state index in [1.54, 1.807) is 12.1 Å². The van der Waals surface area contributed by atoms with Crippen LogP contribution in [-0.2, 0) is 16.8 Å². The molecule has 2 aromatic rings. The van der Waals surface area contributed by atoms with E-state index in [0.717, 1.165) is 10.2 Å². The summed E-state index contributed by atoms with van der Waals surface area (Å²) in [6.45, 7) is -1.20. The van der Waals surface area contributed by atoms with Crippen molar-refractivity contribution in [3.8, 4) is 5.75 Å². The summed E-state index contributed by atoms with van der Waals surface area (Å²) in [6.07, 6.45) is -1.90. The van der Waals surface area contributed by atoms with Crippen LogP contribution >= 0.6 is 0 Å². The first-order chi connectivity index (χ1) is 10.8. The van der Waals surface area contributed by atoms with Crippen molar-refractivity contribution >= 4 is 11.7 Å². The van der Waals surface area contributed by atoms with Gasteiger partial charge in [0.2, 0.25) is 5.91 Å². The second-order valence-electron chi connectivity index (χ2n) is 5.60. The number of nitrogens with zero attached hydrogens (tertiary/aromatic N) is 2. The number of aromatic nitrogens is 2. The Hall–Kier alpha value is -2.51. The molecule has 122 valence electrons. The number of phenolic OH excluding ortho intramolecular Hbond substituents is 1. The Balaban J connectivity index is 1.71. The Morgan fingerprint density at radius 2 is 1.91 bits per heavy atom. The molecule has 1 heterocycles. The monoisotopic (exact) mass is 325 g/mol. The number of carbonyl (C=O) groups is 1. The first-order valence-corrected chi connectivity index (χ1v) is 7.00. The van der Waals surface area contributed by atoms with Crippen LogP contribution in [0.25, 0.3) is 0 Å². The van der Waals surface area contributed by atoms with E-state index < -0.39 is 18.1 Å². The molecule has 1 amide bonds. The van der Waals surface area contributed by atoms with Crippen LogP contribution < -0.4 is 5.32 Å². The minimum atomic E-state index is -4.36. The van der Waals surface area contributed by atoms with E-state index in [1.807, 2.05) is 0 Å². The molecule has 0 spiro atoms. The summed E-state index contributed by atoms with van der Waals surface area (Å²) in [7, 11) is 0.